The molecule has 2 aromatic heterocycles. The summed E-state index contributed by atoms with van der Waals surface area (Å²) in [6, 6.07) is 0. The Labute approximate surface area is 81.3 Å². The van der Waals surface area contributed by atoms with E-state index in [0.29, 0.717) is 0 Å². The molecule has 68 valence electrons. The molecule has 0 aliphatic heterocycles. The van der Waals surface area contributed by atoms with Gasteiger partial charge in [-0.2, -0.15) is 5.10 Å². The predicted octanol–water partition coefficient (Wildman–Crippen LogP) is 2.27. The molecule has 0 radical (unpaired) electrons. The summed E-state index contributed by atoms with van der Waals surface area (Å²) in [6.45, 7) is 1.94. The van der Waals surface area contributed by atoms with E-state index < -0.39 is 0 Å². The van der Waals surface area contributed by atoms with Crippen molar-refractivity contribution in [1.82, 2.24) is 14.8 Å². The number of hydrogen-bond acceptors (Lipinski definition) is 2. The Morgan fingerprint density at radius 1 is 1.38 bits per heavy atom. The maximum Gasteiger partial charge on any atom is 0.0865 e. The Bertz CT molecular complexity index is 433. The molecule has 0 saturated carbocycles. The number of aryl methyl sites for hydroxylation is 1. The van der Waals surface area contributed by atoms with Crippen LogP contribution in [-0.4, -0.2) is 14.8 Å². The summed E-state index contributed by atoms with van der Waals surface area (Å²) in [5, 5.41) is 5.21. The van der Waals surface area contributed by atoms with Gasteiger partial charge in [-0.3, -0.25) is 9.67 Å². The van der Waals surface area contributed by atoms with Crippen molar-refractivity contribution in [1.29, 1.82) is 0 Å². The van der Waals surface area contributed by atoms with Gasteiger partial charge >= 0.3 is 0 Å². The minimum atomic E-state index is -0.0274. The van der Waals surface area contributed by atoms with Crippen molar-refractivity contribution in [3.05, 3.63) is 24.2 Å². The molecule has 0 saturated heterocycles. The van der Waals surface area contributed by atoms with Crippen molar-refractivity contribution in [2.45, 2.75) is 12.3 Å². The lowest BCUT2D eigenvalue weighted by Gasteiger charge is -2.03. The van der Waals surface area contributed by atoms with Crippen LogP contribution in [0.4, 0.5) is 0 Å². The zero-order chi connectivity index (χ0) is 9.42. The van der Waals surface area contributed by atoms with Gasteiger partial charge in [-0.05, 0) is 12.5 Å². The minimum Gasteiger partial charge on any atom is -0.266 e. The zero-order valence-corrected chi connectivity index (χ0v) is 8.28. The summed E-state index contributed by atoms with van der Waals surface area (Å²) < 4.78 is 1.80. The third-order valence-electron chi connectivity index (χ3n) is 2.13. The fourth-order valence-electron chi connectivity index (χ4n) is 1.40. The number of hydrogen-bond donors (Lipinski definition) is 0. The van der Waals surface area contributed by atoms with Gasteiger partial charge in [-0.25, -0.2) is 0 Å². The molecule has 1 unspecified atom stereocenters. The Morgan fingerprint density at radius 2 is 2.15 bits per heavy atom. The fourth-order valence-corrected chi connectivity index (χ4v) is 1.57. The second kappa shape index (κ2) is 3.00. The Morgan fingerprint density at radius 3 is 2.85 bits per heavy atom. The first-order valence-corrected chi connectivity index (χ1v) is 4.53. The van der Waals surface area contributed by atoms with Crippen molar-refractivity contribution in [3.8, 4) is 0 Å². The van der Waals surface area contributed by atoms with Gasteiger partial charge in [0.2, 0.25) is 0 Å². The van der Waals surface area contributed by atoms with E-state index in [1.165, 1.54) is 0 Å². The van der Waals surface area contributed by atoms with Crippen molar-refractivity contribution >= 4 is 22.5 Å². The molecule has 3 nitrogen and oxygen atoms in total. The van der Waals surface area contributed by atoms with Crippen LogP contribution < -0.4 is 0 Å². The molecule has 13 heavy (non-hydrogen) atoms. The molecule has 0 bridgehead atoms. The molecule has 2 heterocycles. The largest absolute Gasteiger partial charge is 0.266 e. The van der Waals surface area contributed by atoms with Gasteiger partial charge < -0.3 is 0 Å². The first kappa shape index (κ1) is 8.51. The van der Waals surface area contributed by atoms with Crippen LogP contribution >= 0.6 is 11.6 Å². The summed E-state index contributed by atoms with van der Waals surface area (Å²) in [7, 11) is 1.90. The Balaban J connectivity index is 2.77. The summed E-state index contributed by atoms with van der Waals surface area (Å²) in [5.74, 6) is 0. The lowest BCUT2D eigenvalue weighted by atomic mass is 10.1. The average molecular weight is 196 g/mol. The number of fused-ring (bicyclic) bond motifs is 1. The molecule has 2 aromatic rings. The average Bonchev–Trinajstić information content (AvgIpc) is 2.48. The van der Waals surface area contributed by atoms with Crippen LogP contribution in [0.25, 0.3) is 10.9 Å². The molecule has 2 rings (SSSR count). The first-order valence-electron chi connectivity index (χ1n) is 4.10. The molecule has 0 aliphatic rings. The fraction of sp³-hybridized carbons (Fsp3) is 0.333. The SMILES string of the molecule is CC(Cl)c1cncc2c1cnn2C. The van der Waals surface area contributed by atoms with Crippen LogP contribution in [0, 0.1) is 0 Å². The van der Waals surface area contributed by atoms with Crippen molar-refractivity contribution in [2.24, 2.45) is 7.05 Å². The topological polar surface area (TPSA) is 30.7 Å². The highest BCUT2D eigenvalue weighted by atomic mass is 35.5. The van der Waals surface area contributed by atoms with Crippen molar-refractivity contribution in [2.75, 3.05) is 0 Å². The number of nitrogens with zero attached hydrogens (tertiary/aromatic N) is 3. The highest BCUT2D eigenvalue weighted by molar-refractivity contribution is 6.21. The van der Waals surface area contributed by atoms with E-state index in [9.17, 15) is 0 Å². The summed E-state index contributed by atoms with van der Waals surface area (Å²) in [5.41, 5.74) is 2.05. The lowest BCUT2D eigenvalue weighted by molar-refractivity contribution is 0.795. The normalized spacial score (nSPS) is 13.5. The summed E-state index contributed by atoms with van der Waals surface area (Å²) >= 11 is 6.01. The maximum atomic E-state index is 6.01. The maximum absolute atomic E-state index is 6.01. The van der Waals surface area contributed by atoms with Crippen LogP contribution in [0.1, 0.15) is 17.9 Å². The van der Waals surface area contributed by atoms with Gasteiger partial charge in [-0.1, -0.05) is 0 Å². The second-order valence-electron chi connectivity index (χ2n) is 3.05. The first-order chi connectivity index (χ1) is 6.20. The van der Waals surface area contributed by atoms with Crippen molar-refractivity contribution in [3.63, 3.8) is 0 Å². The molecule has 0 amide bonds. The van der Waals surface area contributed by atoms with Crippen LogP contribution in [0.15, 0.2) is 18.6 Å². The van der Waals surface area contributed by atoms with E-state index in [1.54, 1.807) is 17.1 Å². The van der Waals surface area contributed by atoms with E-state index >= 15 is 0 Å². The Hall–Kier alpha value is -1.09. The molecule has 0 aliphatic carbocycles. The minimum absolute atomic E-state index is 0.0274. The predicted molar refractivity (Wildman–Crippen MR) is 52.8 cm³/mol. The van der Waals surface area contributed by atoms with E-state index in [-0.39, 0.29) is 5.38 Å². The van der Waals surface area contributed by atoms with E-state index in [0.717, 1.165) is 16.5 Å². The quantitative estimate of drug-likeness (QED) is 0.654. The van der Waals surface area contributed by atoms with E-state index in [1.807, 2.05) is 20.2 Å². The monoisotopic (exact) mass is 195 g/mol. The molecule has 1 atom stereocenters. The van der Waals surface area contributed by atoms with Gasteiger partial charge in [0.25, 0.3) is 0 Å². The van der Waals surface area contributed by atoms with Gasteiger partial charge in [-0.15, -0.1) is 11.6 Å². The van der Waals surface area contributed by atoms with Crippen LogP contribution in [0.5, 0.6) is 0 Å². The number of alkyl halides is 1. The van der Waals surface area contributed by atoms with E-state index in [4.69, 9.17) is 11.6 Å². The molecule has 4 heteroatoms. The molecule has 0 fully saturated rings. The summed E-state index contributed by atoms with van der Waals surface area (Å²) in [6.07, 6.45) is 5.41. The van der Waals surface area contributed by atoms with E-state index in [2.05, 4.69) is 10.1 Å². The molecule has 0 spiro atoms. The number of pyridine rings is 1. The smallest absolute Gasteiger partial charge is 0.0865 e. The highest BCUT2D eigenvalue weighted by Crippen LogP contribution is 2.26. The number of halogens is 1. The molecule has 0 aromatic carbocycles. The molecule has 0 N–H and O–H groups in total. The van der Waals surface area contributed by atoms with Gasteiger partial charge in [0, 0.05) is 18.6 Å². The lowest BCUT2D eigenvalue weighted by Crippen LogP contribution is -1.91. The zero-order valence-electron chi connectivity index (χ0n) is 7.53. The van der Waals surface area contributed by atoms with Gasteiger partial charge in [0.05, 0.1) is 23.3 Å². The second-order valence-corrected chi connectivity index (χ2v) is 3.70. The summed E-state index contributed by atoms with van der Waals surface area (Å²) in [4.78, 5) is 4.12. The molecular formula is C9H10ClN3. The third kappa shape index (κ3) is 1.29. The van der Waals surface area contributed by atoms with Gasteiger partial charge in [0.15, 0.2) is 0 Å². The molecular weight excluding hydrogens is 186 g/mol. The Kier molecular flexibility index (Phi) is 1.96. The third-order valence-corrected chi connectivity index (χ3v) is 2.37. The number of rotatable bonds is 1. The van der Waals surface area contributed by atoms with Crippen LogP contribution in [0.2, 0.25) is 0 Å². The standard InChI is InChI=1S/C9H10ClN3/c1-6(10)7-3-11-5-9-8(7)4-12-13(9)2/h3-6H,1-2H3. The number of aromatic nitrogens is 3. The van der Waals surface area contributed by atoms with Crippen molar-refractivity contribution < 1.29 is 0 Å². The highest BCUT2D eigenvalue weighted by Gasteiger charge is 2.09. The van der Waals surface area contributed by atoms with Gasteiger partial charge in [0.1, 0.15) is 0 Å². The van der Waals surface area contributed by atoms with Crippen LogP contribution in [-0.2, 0) is 7.05 Å². The van der Waals surface area contributed by atoms with Crippen LogP contribution in [0.3, 0.4) is 0 Å².